The van der Waals surface area contributed by atoms with Crippen molar-refractivity contribution < 1.29 is 13.6 Å². The molecule has 0 aliphatic carbocycles. The Hall–Kier alpha value is -0.466. The Labute approximate surface area is 182 Å². The zero-order valence-corrected chi connectivity index (χ0v) is 22.9. The predicted octanol–water partition coefficient (Wildman–Crippen LogP) is 7.39. The van der Waals surface area contributed by atoms with Gasteiger partial charge in [-0.15, -0.1) is 0 Å². The topological polar surface area (TPSA) is 27.7 Å². The van der Waals surface area contributed by atoms with Gasteiger partial charge < -0.3 is 13.6 Å². The lowest BCUT2D eigenvalue weighted by Gasteiger charge is -2.45. The highest BCUT2D eigenvalue weighted by molar-refractivity contribution is 6.74. The molecule has 5 heteroatoms. The van der Waals surface area contributed by atoms with Crippen molar-refractivity contribution >= 4 is 16.6 Å². The van der Waals surface area contributed by atoms with Gasteiger partial charge in [0, 0.05) is 0 Å². The molecule has 0 saturated carbocycles. The zero-order chi connectivity index (χ0) is 22.5. The minimum Gasteiger partial charge on any atom is -0.411 e. The lowest BCUT2D eigenvalue weighted by molar-refractivity contribution is -0.0308. The van der Waals surface area contributed by atoms with E-state index < -0.39 is 16.6 Å². The van der Waals surface area contributed by atoms with Crippen LogP contribution in [0.5, 0.6) is 0 Å². The van der Waals surface area contributed by atoms with Crippen LogP contribution in [-0.2, 0) is 20.2 Å². The first kappa shape index (κ1) is 26.6. The van der Waals surface area contributed by atoms with Crippen LogP contribution in [0.4, 0.5) is 0 Å². The van der Waals surface area contributed by atoms with Crippen LogP contribution in [0, 0.1) is 0 Å². The van der Waals surface area contributed by atoms with E-state index in [0.717, 1.165) is 6.42 Å². The first-order valence-electron chi connectivity index (χ1n) is 11.1. The molecule has 2 atom stereocenters. The number of ether oxygens (including phenoxy) is 1. The van der Waals surface area contributed by atoms with Crippen molar-refractivity contribution in [1.29, 1.82) is 0 Å². The second-order valence-electron chi connectivity index (χ2n) is 11.2. The molecular formula is C24H46O3Si2. The molecule has 1 aromatic rings. The van der Waals surface area contributed by atoms with Crippen LogP contribution in [0.25, 0.3) is 0 Å². The molecule has 3 nitrogen and oxygen atoms in total. The molecule has 0 N–H and O–H groups in total. The van der Waals surface area contributed by atoms with Gasteiger partial charge in [-0.2, -0.15) is 0 Å². The molecule has 0 radical (unpaired) electrons. The van der Waals surface area contributed by atoms with Crippen LogP contribution < -0.4 is 0 Å². The van der Waals surface area contributed by atoms with Crippen LogP contribution >= 0.6 is 0 Å². The van der Waals surface area contributed by atoms with Gasteiger partial charge in [-0.3, -0.25) is 0 Å². The molecule has 0 unspecified atom stereocenters. The van der Waals surface area contributed by atoms with Crippen LogP contribution in [0.1, 0.15) is 60.5 Å². The van der Waals surface area contributed by atoms with Gasteiger partial charge in [0.2, 0.25) is 0 Å². The maximum Gasteiger partial charge on any atom is 0.192 e. The Morgan fingerprint density at radius 2 is 1.21 bits per heavy atom. The van der Waals surface area contributed by atoms with Crippen LogP contribution in [0.15, 0.2) is 30.3 Å². The molecule has 0 aliphatic rings. The summed E-state index contributed by atoms with van der Waals surface area (Å²) in [4.78, 5) is 0. The third kappa shape index (κ3) is 7.94. The van der Waals surface area contributed by atoms with Crippen molar-refractivity contribution in [3.8, 4) is 0 Å². The van der Waals surface area contributed by atoms with Crippen molar-refractivity contribution in [2.24, 2.45) is 0 Å². The van der Waals surface area contributed by atoms with Gasteiger partial charge in [0.05, 0.1) is 25.4 Å². The monoisotopic (exact) mass is 438 g/mol. The maximum absolute atomic E-state index is 6.86. The van der Waals surface area contributed by atoms with E-state index in [0.29, 0.717) is 13.2 Å². The van der Waals surface area contributed by atoms with Gasteiger partial charge in [0.25, 0.3) is 0 Å². The highest BCUT2D eigenvalue weighted by atomic mass is 28.4. The highest BCUT2D eigenvalue weighted by Crippen LogP contribution is 2.40. The third-order valence-electron chi connectivity index (χ3n) is 6.72. The molecule has 29 heavy (non-hydrogen) atoms. The molecule has 168 valence electrons. The van der Waals surface area contributed by atoms with E-state index >= 15 is 0 Å². The zero-order valence-electron chi connectivity index (χ0n) is 20.9. The second kappa shape index (κ2) is 10.2. The Balaban J connectivity index is 3.00. The van der Waals surface area contributed by atoms with Crippen LogP contribution in [0.2, 0.25) is 36.3 Å². The van der Waals surface area contributed by atoms with Crippen molar-refractivity contribution in [2.45, 2.75) is 110 Å². The van der Waals surface area contributed by atoms with Crippen molar-refractivity contribution in [1.82, 2.24) is 0 Å². The Kier molecular flexibility index (Phi) is 9.37. The lowest BCUT2D eigenvalue weighted by atomic mass is 10.2. The summed E-state index contributed by atoms with van der Waals surface area (Å²) in [5.41, 5.74) is 1.19. The van der Waals surface area contributed by atoms with Crippen molar-refractivity contribution in [3.05, 3.63) is 35.9 Å². The molecule has 0 aliphatic heterocycles. The normalized spacial score (nSPS) is 16.0. The summed E-state index contributed by atoms with van der Waals surface area (Å²) in [7, 11) is -3.84. The van der Waals surface area contributed by atoms with Gasteiger partial charge in [-0.1, -0.05) is 78.8 Å². The van der Waals surface area contributed by atoms with E-state index in [2.05, 4.69) is 98.9 Å². The summed E-state index contributed by atoms with van der Waals surface area (Å²) in [6, 6.07) is 10.3. The van der Waals surface area contributed by atoms with E-state index in [1.807, 2.05) is 6.07 Å². The molecule has 0 amide bonds. The third-order valence-corrected chi connectivity index (χ3v) is 15.7. The maximum atomic E-state index is 6.86. The minimum atomic E-state index is -1.94. The van der Waals surface area contributed by atoms with E-state index in [9.17, 15) is 0 Å². The fourth-order valence-corrected chi connectivity index (χ4v) is 5.38. The average molecular weight is 439 g/mol. The number of hydrogen-bond donors (Lipinski definition) is 0. The van der Waals surface area contributed by atoms with Gasteiger partial charge in [0.1, 0.15) is 0 Å². The molecular weight excluding hydrogens is 392 g/mol. The quantitative estimate of drug-likeness (QED) is 0.356. The largest absolute Gasteiger partial charge is 0.411 e. The molecule has 0 bridgehead atoms. The lowest BCUT2D eigenvalue weighted by Crippen LogP contribution is -2.53. The second-order valence-corrected chi connectivity index (χ2v) is 20.8. The fraction of sp³-hybridized carbons (Fsp3) is 0.750. The van der Waals surface area contributed by atoms with Crippen molar-refractivity contribution in [2.75, 3.05) is 6.61 Å². The molecule has 0 aromatic heterocycles. The summed E-state index contributed by atoms with van der Waals surface area (Å²) in [5, 5.41) is 0.326. The van der Waals surface area contributed by atoms with E-state index in [4.69, 9.17) is 13.6 Å². The first-order chi connectivity index (χ1) is 13.1. The first-order valence-corrected chi connectivity index (χ1v) is 16.9. The minimum absolute atomic E-state index is 0.0428. The van der Waals surface area contributed by atoms with Crippen molar-refractivity contribution in [3.63, 3.8) is 0 Å². The smallest absolute Gasteiger partial charge is 0.192 e. The summed E-state index contributed by atoms with van der Waals surface area (Å²) < 4.78 is 19.9. The summed E-state index contributed by atoms with van der Waals surface area (Å²) >= 11 is 0. The number of hydrogen-bond acceptors (Lipinski definition) is 3. The highest BCUT2D eigenvalue weighted by Gasteiger charge is 2.44. The van der Waals surface area contributed by atoms with Gasteiger partial charge in [-0.25, -0.2) is 0 Å². The van der Waals surface area contributed by atoms with E-state index in [1.165, 1.54) is 5.56 Å². The standard InChI is InChI=1S/C24H46O3Si2/c1-12-21(26-28(8,9)23(2,3)4)22(27-29(10,11)24(5,6)7)19-25-18-20-16-14-13-15-17-20/h13-17,21-22H,12,18-19H2,1-11H3/t21-,22-/m0/s1. The summed E-state index contributed by atoms with van der Waals surface area (Å²) in [5.74, 6) is 0. The number of benzene rings is 1. The van der Waals surface area contributed by atoms with Crippen LogP contribution in [0.3, 0.4) is 0 Å². The Morgan fingerprint density at radius 3 is 1.62 bits per heavy atom. The predicted molar refractivity (Wildman–Crippen MR) is 131 cm³/mol. The average Bonchev–Trinajstić information content (AvgIpc) is 2.57. The Bertz CT molecular complexity index is 601. The SMILES string of the molecule is CC[C@H](O[Si](C)(C)C(C)(C)C)[C@H](COCc1ccccc1)O[Si](C)(C)C(C)(C)C. The van der Waals surface area contributed by atoms with E-state index in [-0.39, 0.29) is 22.3 Å². The molecule has 1 rings (SSSR count). The molecule has 1 aromatic carbocycles. The van der Waals surface area contributed by atoms with Gasteiger partial charge >= 0.3 is 0 Å². The summed E-state index contributed by atoms with van der Waals surface area (Å²) in [6.07, 6.45) is 0.944. The molecule has 0 saturated heterocycles. The fourth-order valence-electron chi connectivity index (χ4n) is 2.62. The van der Waals surface area contributed by atoms with Crippen LogP contribution in [-0.4, -0.2) is 35.4 Å². The summed E-state index contributed by atoms with van der Waals surface area (Å²) in [6.45, 7) is 26.4. The molecule has 0 fully saturated rings. The van der Waals surface area contributed by atoms with Gasteiger partial charge in [-0.05, 0) is 48.2 Å². The molecule has 0 spiro atoms. The number of rotatable bonds is 10. The Morgan fingerprint density at radius 1 is 0.759 bits per heavy atom. The molecule has 0 heterocycles. The van der Waals surface area contributed by atoms with Gasteiger partial charge in [0.15, 0.2) is 16.6 Å². The van der Waals surface area contributed by atoms with E-state index in [1.54, 1.807) is 0 Å².